The Kier molecular flexibility index (Phi) is 3.98. The lowest BCUT2D eigenvalue weighted by molar-refractivity contribution is -0.146. The van der Waals surface area contributed by atoms with Crippen molar-refractivity contribution in [1.82, 2.24) is 9.78 Å². The highest BCUT2D eigenvalue weighted by molar-refractivity contribution is 5.31. The summed E-state index contributed by atoms with van der Waals surface area (Å²) in [4.78, 5) is 0. The van der Waals surface area contributed by atoms with Crippen molar-refractivity contribution in [2.45, 2.75) is 51.2 Å². The van der Waals surface area contributed by atoms with Gasteiger partial charge in [0, 0.05) is 12.0 Å². The number of hydrogen-bond acceptors (Lipinski definition) is 1. The minimum absolute atomic E-state index is 0.0900. The van der Waals surface area contributed by atoms with Crippen molar-refractivity contribution in [3.8, 4) is 0 Å². The lowest BCUT2D eigenvalue weighted by Gasteiger charge is -2.28. The van der Waals surface area contributed by atoms with Crippen LogP contribution in [-0.4, -0.2) is 9.78 Å². The van der Waals surface area contributed by atoms with E-state index in [2.05, 4.69) is 12.0 Å². The summed E-state index contributed by atoms with van der Waals surface area (Å²) in [6.45, 7) is 2.05. The van der Waals surface area contributed by atoms with Crippen LogP contribution in [0, 0.1) is 0 Å². The zero-order valence-corrected chi connectivity index (χ0v) is 12.5. The van der Waals surface area contributed by atoms with Crippen molar-refractivity contribution >= 4 is 0 Å². The zero-order chi connectivity index (χ0) is 15.7. The molecule has 1 aromatic heterocycles. The molecule has 0 bridgehead atoms. The number of rotatable bonds is 4. The van der Waals surface area contributed by atoms with E-state index in [1.165, 1.54) is 16.4 Å². The van der Waals surface area contributed by atoms with Crippen LogP contribution in [0.25, 0.3) is 0 Å². The van der Waals surface area contributed by atoms with E-state index in [4.69, 9.17) is 0 Å². The monoisotopic (exact) mass is 308 g/mol. The van der Waals surface area contributed by atoms with E-state index in [-0.39, 0.29) is 18.0 Å². The molecule has 3 rings (SSSR count). The van der Waals surface area contributed by atoms with Crippen LogP contribution >= 0.6 is 0 Å². The van der Waals surface area contributed by atoms with E-state index in [1.54, 1.807) is 0 Å². The highest BCUT2D eigenvalue weighted by Crippen LogP contribution is 2.39. The average Bonchev–Trinajstić information content (AvgIpc) is 2.81. The molecule has 5 heteroatoms. The Morgan fingerprint density at radius 3 is 2.27 bits per heavy atom. The molecule has 0 amide bonds. The predicted molar refractivity (Wildman–Crippen MR) is 78.7 cm³/mol. The Bertz CT molecular complexity index is 637. The molecule has 0 spiro atoms. The summed E-state index contributed by atoms with van der Waals surface area (Å²) in [5, 5.41) is 4.03. The van der Waals surface area contributed by atoms with Crippen LogP contribution in [0.2, 0.25) is 0 Å². The summed E-state index contributed by atoms with van der Waals surface area (Å²) in [5.41, 5.74) is 1.77. The maximum Gasteiger partial charge on any atom is 0.433 e. The van der Waals surface area contributed by atoms with Gasteiger partial charge in [-0.2, -0.15) is 18.3 Å². The van der Waals surface area contributed by atoms with Gasteiger partial charge >= 0.3 is 6.18 Å². The van der Waals surface area contributed by atoms with E-state index in [1.807, 2.05) is 24.3 Å². The van der Waals surface area contributed by atoms with Gasteiger partial charge in [0.2, 0.25) is 0 Å². The third-order valence-corrected chi connectivity index (χ3v) is 4.39. The van der Waals surface area contributed by atoms with Crippen LogP contribution in [0.4, 0.5) is 13.2 Å². The summed E-state index contributed by atoms with van der Waals surface area (Å²) >= 11 is 0. The fourth-order valence-electron chi connectivity index (χ4n) is 2.86. The summed E-state index contributed by atoms with van der Waals surface area (Å²) in [6.07, 6.45) is 0.777. The van der Waals surface area contributed by atoms with Crippen LogP contribution in [0.15, 0.2) is 30.5 Å². The Labute approximate surface area is 128 Å². The van der Waals surface area contributed by atoms with E-state index in [9.17, 15) is 13.2 Å². The molecular formula is C17H19F3N2. The Morgan fingerprint density at radius 2 is 1.77 bits per heavy atom. The number of aromatic nitrogens is 2. The number of aryl methyl sites for hydroxylation is 1. The topological polar surface area (TPSA) is 17.8 Å². The van der Waals surface area contributed by atoms with Crippen LogP contribution in [0.1, 0.15) is 54.6 Å². The molecular weight excluding hydrogens is 289 g/mol. The zero-order valence-electron chi connectivity index (χ0n) is 12.5. The molecule has 1 fully saturated rings. The molecule has 2 aromatic rings. The second-order valence-electron chi connectivity index (χ2n) is 5.89. The van der Waals surface area contributed by atoms with E-state index in [0.717, 1.165) is 31.2 Å². The normalized spacial score (nSPS) is 15.8. The third kappa shape index (κ3) is 2.89. The van der Waals surface area contributed by atoms with Crippen molar-refractivity contribution in [1.29, 1.82) is 0 Å². The van der Waals surface area contributed by atoms with Gasteiger partial charge in [0.1, 0.15) is 5.69 Å². The summed E-state index contributed by atoms with van der Waals surface area (Å²) in [5.74, 6) is 0. The van der Waals surface area contributed by atoms with Gasteiger partial charge in [-0.15, -0.1) is 0 Å². The molecule has 0 saturated heterocycles. The van der Waals surface area contributed by atoms with Gasteiger partial charge in [-0.05, 0) is 36.8 Å². The van der Waals surface area contributed by atoms with Gasteiger partial charge in [0.15, 0.2) is 0 Å². The smallest absolute Gasteiger partial charge is 0.257 e. The third-order valence-electron chi connectivity index (χ3n) is 4.39. The van der Waals surface area contributed by atoms with Crippen molar-refractivity contribution in [2.24, 2.45) is 0 Å². The van der Waals surface area contributed by atoms with E-state index >= 15 is 0 Å². The second kappa shape index (κ2) is 5.78. The molecule has 118 valence electrons. The number of halogens is 3. The molecule has 1 aliphatic carbocycles. The van der Waals surface area contributed by atoms with Gasteiger partial charge in [0.25, 0.3) is 0 Å². The van der Waals surface area contributed by atoms with Crippen molar-refractivity contribution in [3.63, 3.8) is 0 Å². The highest BCUT2D eigenvalue weighted by atomic mass is 19.4. The molecule has 1 saturated carbocycles. The molecule has 22 heavy (non-hydrogen) atoms. The maximum atomic E-state index is 13.4. The van der Waals surface area contributed by atoms with Crippen LogP contribution in [0.3, 0.4) is 0 Å². The number of hydrogen-bond donors (Lipinski definition) is 0. The number of nitrogens with zero attached hydrogens (tertiary/aromatic N) is 2. The second-order valence-corrected chi connectivity index (χ2v) is 5.89. The van der Waals surface area contributed by atoms with Crippen LogP contribution in [-0.2, 0) is 19.0 Å². The first-order valence-corrected chi connectivity index (χ1v) is 7.70. The fourth-order valence-corrected chi connectivity index (χ4v) is 2.86. The molecule has 0 atom stereocenters. The van der Waals surface area contributed by atoms with E-state index < -0.39 is 11.9 Å². The Hall–Kier alpha value is -1.78. The van der Waals surface area contributed by atoms with Gasteiger partial charge in [-0.1, -0.05) is 31.2 Å². The van der Waals surface area contributed by atoms with Gasteiger partial charge < -0.3 is 0 Å². The maximum absolute atomic E-state index is 13.4. The molecule has 1 aromatic carbocycles. The molecule has 0 N–H and O–H groups in total. The first-order chi connectivity index (χ1) is 10.5. The molecule has 0 aliphatic heterocycles. The Morgan fingerprint density at radius 1 is 1.14 bits per heavy atom. The number of benzene rings is 1. The standard InChI is InChI=1S/C17H19F3N2/c1-2-12-6-8-13(9-7-12)10-14-11-21-22(15-4-3-5-15)16(14)17(18,19)20/h6-9,11,15H,2-5,10H2,1H3. The molecule has 1 aliphatic rings. The average molecular weight is 308 g/mol. The summed E-state index contributed by atoms with van der Waals surface area (Å²) < 4.78 is 41.5. The van der Waals surface area contributed by atoms with E-state index in [0.29, 0.717) is 0 Å². The van der Waals surface area contributed by atoms with Crippen LogP contribution < -0.4 is 0 Å². The van der Waals surface area contributed by atoms with Crippen molar-refractivity contribution in [3.05, 3.63) is 52.8 Å². The van der Waals surface area contributed by atoms with Gasteiger partial charge in [-0.3, -0.25) is 4.68 Å². The Balaban J connectivity index is 1.90. The molecule has 0 radical (unpaired) electrons. The first-order valence-electron chi connectivity index (χ1n) is 7.70. The van der Waals surface area contributed by atoms with Crippen molar-refractivity contribution in [2.75, 3.05) is 0 Å². The summed E-state index contributed by atoms with van der Waals surface area (Å²) in [6, 6.07) is 7.66. The van der Waals surface area contributed by atoms with Gasteiger partial charge in [-0.25, -0.2) is 0 Å². The molecule has 0 unspecified atom stereocenters. The minimum Gasteiger partial charge on any atom is -0.257 e. The molecule has 2 nitrogen and oxygen atoms in total. The largest absolute Gasteiger partial charge is 0.433 e. The van der Waals surface area contributed by atoms with Gasteiger partial charge in [0.05, 0.1) is 12.2 Å². The van der Waals surface area contributed by atoms with Crippen molar-refractivity contribution < 1.29 is 13.2 Å². The lowest BCUT2D eigenvalue weighted by atomic mass is 9.93. The lowest BCUT2D eigenvalue weighted by Crippen LogP contribution is -2.25. The number of alkyl halides is 3. The van der Waals surface area contributed by atoms with Crippen LogP contribution in [0.5, 0.6) is 0 Å². The molecule has 1 heterocycles. The quantitative estimate of drug-likeness (QED) is 0.795. The summed E-state index contributed by atoms with van der Waals surface area (Å²) in [7, 11) is 0. The SMILES string of the molecule is CCc1ccc(Cc2cnn(C3CCC3)c2C(F)(F)F)cc1. The highest BCUT2D eigenvalue weighted by Gasteiger charge is 2.40. The minimum atomic E-state index is -4.36. The first kappa shape index (κ1) is 15.1. The fraction of sp³-hybridized carbons (Fsp3) is 0.471. The predicted octanol–water partition coefficient (Wildman–Crippen LogP) is 4.78.